The van der Waals surface area contributed by atoms with Crippen molar-refractivity contribution in [2.45, 2.75) is 18.9 Å². The van der Waals surface area contributed by atoms with Crippen LogP contribution < -0.4 is 5.32 Å². The molecule has 1 aromatic carbocycles. The number of nitrogens with zero attached hydrogens (tertiary/aromatic N) is 2. The lowest BCUT2D eigenvalue weighted by Crippen LogP contribution is -2.34. The Bertz CT molecular complexity index is 616. The van der Waals surface area contributed by atoms with E-state index in [1.165, 1.54) is 12.1 Å². The summed E-state index contributed by atoms with van der Waals surface area (Å²) in [6.45, 7) is 3.00. The Morgan fingerprint density at radius 2 is 2.29 bits per heavy atom. The van der Waals surface area contributed by atoms with Gasteiger partial charge in [0.05, 0.1) is 5.92 Å². The second-order valence-corrected chi connectivity index (χ2v) is 6.91. The van der Waals surface area contributed by atoms with Crippen LogP contribution in [0.1, 0.15) is 18.7 Å². The standard InChI is InChI=1S/C14H15BrFN3OS/c1-2-17-12-7-21-6-11(12)14-18-13(19-20-14)8-3-9(15)5-10(16)4-8/h3-5,11-12,17H,2,6-7H2,1H3. The molecule has 0 bridgehead atoms. The number of nitrogens with one attached hydrogen (secondary N) is 1. The van der Waals surface area contributed by atoms with Gasteiger partial charge in [0.25, 0.3) is 0 Å². The highest BCUT2D eigenvalue weighted by Crippen LogP contribution is 2.33. The fourth-order valence-corrected chi connectivity index (χ4v) is 4.28. The molecular weight excluding hydrogens is 357 g/mol. The predicted molar refractivity (Wildman–Crippen MR) is 84.9 cm³/mol. The Morgan fingerprint density at radius 3 is 3.05 bits per heavy atom. The molecule has 7 heteroatoms. The molecule has 0 amide bonds. The zero-order chi connectivity index (χ0) is 14.8. The Kier molecular flexibility index (Phi) is 4.61. The highest BCUT2D eigenvalue weighted by Gasteiger charge is 2.33. The summed E-state index contributed by atoms with van der Waals surface area (Å²) in [5, 5.41) is 7.44. The average molecular weight is 372 g/mol. The van der Waals surface area contributed by atoms with Gasteiger partial charge in [-0.2, -0.15) is 16.7 Å². The van der Waals surface area contributed by atoms with Crippen molar-refractivity contribution in [3.8, 4) is 11.4 Å². The van der Waals surface area contributed by atoms with E-state index >= 15 is 0 Å². The lowest BCUT2D eigenvalue weighted by Gasteiger charge is -2.15. The van der Waals surface area contributed by atoms with Crippen LogP contribution in [0.15, 0.2) is 27.2 Å². The lowest BCUT2D eigenvalue weighted by molar-refractivity contribution is 0.340. The fraction of sp³-hybridized carbons (Fsp3) is 0.429. The van der Waals surface area contributed by atoms with E-state index < -0.39 is 0 Å². The van der Waals surface area contributed by atoms with Crippen molar-refractivity contribution in [3.63, 3.8) is 0 Å². The average Bonchev–Trinajstić information content (AvgIpc) is 3.06. The van der Waals surface area contributed by atoms with Gasteiger partial charge in [-0.25, -0.2) is 4.39 Å². The minimum Gasteiger partial charge on any atom is -0.339 e. The highest BCUT2D eigenvalue weighted by molar-refractivity contribution is 9.10. The molecule has 2 heterocycles. The smallest absolute Gasteiger partial charge is 0.232 e. The molecule has 1 aromatic heterocycles. The quantitative estimate of drug-likeness (QED) is 0.891. The maximum absolute atomic E-state index is 13.5. The molecule has 0 radical (unpaired) electrons. The summed E-state index contributed by atoms with van der Waals surface area (Å²) in [5.74, 6) is 2.95. The number of halogens is 2. The third kappa shape index (κ3) is 3.30. The van der Waals surface area contributed by atoms with Crippen LogP contribution in [0.25, 0.3) is 11.4 Å². The first-order valence-electron chi connectivity index (χ1n) is 6.78. The van der Waals surface area contributed by atoms with E-state index in [1.807, 2.05) is 11.8 Å². The molecule has 21 heavy (non-hydrogen) atoms. The number of aromatic nitrogens is 2. The first kappa shape index (κ1) is 15.0. The Labute approximate surface area is 135 Å². The largest absolute Gasteiger partial charge is 0.339 e. The Hall–Kier alpha value is -0.920. The van der Waals surface area contributed by atoms with Gasteiger partial charge in [-0.05, 0) is 24.7 Å². The zero-order valence-electron chi connectivity index (χ0n) is 11.5. The van der Waals surface area contributed by atoms with E-state index in [0.717, 1.165) is 18.1 Å². The predicted octanol–water partition coefficient (Wildman–Crippen LogP) is 3.45. The van der Waals surface area contributed by atoms with Crippen molar-refractivity contribution >= 4 is 27.7 Å². The van der Waals surface area contributed by atoms with E-state index in [0.29, 0.717) is 27.8 Å². The fourth-order valence-electron chi connectivity index (χ4n) is 2.45. The number of hydrogen-bond donors (Lipinski definition) is 1. The maximum atomic E-state index is 13.5. The molecule has 1 fully saturated rings. The summed E-state index contributed by atoms with van der Waals surface area (Å²) < 4.78 is 19.5. The SMILES string of the molecule is CCNC1CSCC1c1nc(-c2cc(F)cc(Br)c2)no1. The summed E-state index contributed by atoms with van der Waals surface area (Å²) in [6.07, 6.45) is 0. The second-order valence-electron chi connectivity index (χ2n) is 4.92. The monoisotopic (exact) mass is 371 g/mol. The summed E-state index contributed by atoms with van der Waals surface area (Å²) in [6, 6.07) is 4.94. The van der Waals surface area contributed by atoms with Crippen molar-refractivity contribution in [1.29, 1.82) is 0 Å². The number of hydrogen-bond acceptors (Lipinski definition) is 5. The summed E-state index contributed by atoms with van der Waals surface area (Å²) in [4.78, 5) is 4.46. The van der Waals surface area contributed by atoms with Crippen LogP contribution in [-0.4, -0.2) is 34.2 Å². The second kappa shape index (κ2) is 6.46. The van der Waals surface area contributed by atoms with Gasteiger partial charge < -0.3 is 9.84 Å². The molecule has 3 rings (SSSR count). The van der Waals surface area contributed by atoms with Crippen LogP contribution in [0, 0.1) is 5.82 Å². The summed E-state index contributed by atoms with van der Waals surface area (Å²) in [7, 11) is 0. The maximum Gasteiger partial charge on any atom is 0.232 e. The van der Waals surface area contributed by atoms with Gasteiger partial charge in [0, 0.05) is 27.6 Å². The van der Waals surface area contributed by atoms with Crippen molar-refractivity contribution < 1.29 is 8.91 Å². The number of rotatable bonds is 4. The van der Waals surface area contributed by atoms with E-state index in [2.05, 4.69) is 38.3 Å². The summed E-state index contributed by atoms with van der Waals surface area (Å²) in [5.41, 5.74) is 0.613. The van der Waals surface area contributed by atoms with Gasteiger partial charge in [0.2, 0.25) is 11.7 Å². The molecule has 0 aliphatic carbocycles. The van der Waals surface area contributed by atoms with Crippen LogP contribution in [0.2, 0.25) is 0 Å². The molecule has 2 unspecified atom stereocenters. The van der Waals surface area contributed by atoms with Gasteiger partial charge in [-0.15, -0.1) is 0 Å². The van der Waals surface area contributed by atoms with Gasteiger partial charge in [0.1, 0.15) is 5.82 Å². The molecule has 4 nitrogen and oxygen atoms in total. The van der Waals surface area contributed by atoms with Gasteiger partial charge in [0.15, 0.2) is 0 Å². The van der Waals surface area contributed by atoms with E-state index in [-0.39, 0.29) is 11.7 Å². The molecule has 1 aliphatic rings. The van der Waals surface area contributed by atoms with Crippen molar-refractivity contribution in [2.24, 2.45) is 0 Å². The van der Waals surface area contributed by atoms with Gasteiger partial charge >= 0.3 is 0 Å². The molecule has 0 spiro atoms. The van der Waals surface area contributed by atoms with Gasteiger partial charge in [-0.1, -0.05) is 28.0 Å². The Balaban J connectivity index is 1.86. The molecule has 112 valence electrons. The van der Waals surface area contributed by atoms with Crippen molar-refractivity contribution in [2.75, 3.05) is 18.1 Å². The van der Waals surface area contributed by atoms with Crippen LogP contribution in [-0.2, 0) is 0 Å². The number of benzene rings is 1. The van der Waals surface area contributed by atoms with Crippen LogP contribution in [0.4, 0.5) is 4.39 Å². The Morgan fingerprint density at radius 1 is 1.43 bits per heavy atom. The first-order valence-corrected chi connectivity index (χ1v) is 8.73. The molecular formula is C14H15BrFN3OS. The van der Waals surface area contributed by atoms with Gasteiger partial charge in [-0.3, -0.25) is 0 Å². The molecule has 0 saturated carbocycles. The van der Waals surface area contributed by atoms with Crippen molar-refractivity contribution in [3.05, 3.63) is 34.4 Å². The van der Waals surface area contributed by atoms with Crippen LogP contribution in [0.5, 0.6) is 0 Å². The minimum absolute atomic E-state index is 0.216. The third-order valence-corrected chi connectivity index (χ3v) is 5.07. The first-order chi connectivity index (χ1) is 10.2. The van der Waals surface area contributed by atoms with Crippen LogP contribution in [0.3, 0.4) is 0 Å². The van der Waals surface area contributed by atoms with E-state index in [1.54, 1.807) is 6.07 Å². The molecule has 2 atom stereocenters. The minimum atomic E-state index is -0.326. The van der Waals surface area contributed by atoms with Crippen LogP contribution >= 0.6 is 27.7 Å². The normalized spacial score (nSPS) is 21.9. The number of likely N-dealkylation sites (N-methyl/N-ethyl adjacent to an activating group) is 1. The number of thioether (sulfide) groups is 1. The third-order valence-electron chi connectivity index (χ3n) is 3.43. The lowest BCUT2D eigenvalue weighted by atomic mass is 10.0. The van der Waals surface area contributed by atoms with Crippen molar-refractivity contribution in [1.82, 2.24) is 15.5 Å². The van der Waals surface area contributed by atoms with E-state index in [9.17, 15) is 4.39 Å². The molecule has 1 N–H and O–H groups in total. The zero-order valence-corrected chi connectivity index (χ0v) is 13.9. The molecule has 1 aliphatic heterocycles. The van der Waals surface area contributed by atoms with E-state index in [4.69, 9.17) is 4.52 Å². The topological polar surface area (TPSA) is 51.0 Å². The summed E-state index contributed by atoms with van der Waals surface area (Å²) >= 11 is 5.15. The molecule has 2 aromatic rings. The molecule has 1 saturated heterocycles. The highest BCUT2D eigenvalue weighted by atomic mass is 79.9.